The van der Waals surface area contributed by atoms with Crippen molar-refractivity contribution in [3.8, 4) is 0 Å². The Hall–Kier alpha value is -3.07. The van der Waals surface area contributed by atoms with E-state index in [1.807, 2.05) is 47.4 Å². The van der Waals surface area contributed by atoms with Gasteiger partial charge in [0.25, 0.3) is 0 Å². The maximum atomic E-state index is 13.1. The molecule has 3 aromatic carbocycles. The average molecular weight is 342 g/mol. The highest BCUT2D eigenvalue weighted by Gasteiger charge is 2.28. The third-order valence-corrected chi connectivity index (χ3v) is 4.87. The lowest BCUT2D eigenvalue weighted by Crippen LogP contribution is -2.30. The Morgan fingerprint density at radius 3 is 2.38 bits per heavy atom. The first kappa shape index (κ1) is 16.4. The number of carbonyl (C=O) groups is 1. The zero-order valence-electron chi connectivity index (χ0n) is 14.9. The lowest BCUT2D eigenvalue weighted by Gasteiger charge is -2.22. The van der Waals surface area contributed by atoms with Crippen molar-refractivity contribution in [3.63, 3.8) is 0 Å². The van der Waals surface area contributed by atoms with Crippen LogP contribution in [-0.4, -0.2) is 5.91 Å². The Labute approximate surface area is 154 Å². The van der Waals surface area contributed by atoms with Crippen LogP contribution < -0.4 is 10.2 Å². The molecule has 0 aliphatic carbocycles. The average Bonchev–Trinajstić information content (AvgIpc) is 2.80. The van der Waals surface area contributed by atoms with Crippen molar-refractivity contribution in [2.75, 3.05) is 10.2 Å². The fourth-order valence-electron chi connectivity index (χ4n) is 3.43. The van der Waals surface area contributed by atoms with Gasteiger partial charge in [0.05, 0.1) is 30.4 Å². The summed E-state index contributed by atoms with van der Waals surface area (Å²) in [6, 6.07) is 26.6. The minimum atomic E-state index is -0.0231. The van der Waals surface area contributed by atoms with Crippen LogP contribution in [0, 0.1) is 6.92 Å². The fourth-order valence-corrected chi connectivity index (χ4v) is 3.43. The summed E-state index contributed by atoms with van der Waals surface area (Å²) in [6.45, 7) is 2.66. The van der Waals surface area contributed by atoms with Crippen LogP contribution in [0.1, 0.15) is 29.2 Å². The highest BCUT2D eigenvalue weighted by Crippen LogP contribution is 2.36. The van der Waals surface area contributed by atoms with Gasteiger partial charge in [0.15, 0.2) is 0 Å². The molecule has 0 saturated carbocycles. The van der Waals surface area contributed by atoms with E-state index in [-0.39, 0.29) is 11.9 Å². The zero-order valence-corrected chi connectivity index (χ0v) is 14.9. The SMILES string of the molecule is Cc1ccc(C2CC(=O)N(Cc3ccccc3)c3ccccc3N2)cc1. The molecule has 1 aliphatic rings. The summed E-state index contributed by atoms with van der Waals surface area (Å²) >= 11 is 0. The van der Waals surface area contributed by atoms with Crippen LogP contribution >= 0.6 is 0 Å². The lowest BCUT2D eigenvalue weighted by atomic mass is 10.0. The van der Waals surface area contributed by atoms with Crippen LogP contribution in [0.25, 0.3) is 0 Å². The van der Waals surface area contributed by atoms with Crippen LogP contribution in [-0.2, 0) is 11.3 Å². The van der Waals surface area contributed by atoms with Gasteiger partial charge in [-0.1, -0.05) is 72.3 Å². The Balaban J connectivity index is 1.69. The second-order valence-electron chi connectivity index (χ2n) is 6.79. The maximum absolute atomic E-state index is 13.1. The third kappa shape index (κ3) is 3.33. The van der Waals surface area contributed by atoms with Gasteiger partial charge in [0.1, 0.15) is 0 Å². The van der Waals surface area contributed by atoms with Crippen molar-refractivity contribution in [2.24, 2.45) is 0 Å². The predicted molar refractivity (Wildman–Crippen MR) is 106 cm³/mol. The van der Waals surface area contributed by atoms with Gasteiger partial charge >= 0.3 is 0 Å². The normalized spacial score (nSPS) is 16.6. The van der Waals surface area contributed by atoms with Crippen molar-refractivity contribution in [1.29, 1.82) is 0 Å². The van der Waals surface area contributed by atoms with Crippen molar-refractivity contribution >= 4 is 17.3 Å². The quantitative estimate of drug-likeness (QED) is 0.719. The van der Waals surface area contributed by atoms with Gasteiger partial charge in [-0.05, 0) is 30.2 Å². The van der Waals surface area contributed by atoms with Gasteiger partial charge < -0.3 is 10.2 Å². The van der Waals surface area contributed by atoms with Crippen molar-refractivity contribution in [3.05, 3.63) is 95.6 Å². The monoisotopic (exact) mass is 342 g/mol. The molecule has 3 aromatic rings. The number of anilines is 2. The van der Waals surface area contributed by atoms with Crippen LogP contribution in [0.5, 0.6) is 0 Å². The molecule has 0 saturated heterocycles. The Morgan fingerprint density at radius 2 is 1.62 bits per heavy atom. The molecule has 4 rings (SSSR count). The summed E-state index contributed by atoms with van der Waals surface area (Å²) in [7, 11) is 0. The number of hydrogen-bond acceptors (Lipinski definition) is 2. The third-order valence-electron chi connectivity index (χ3n) is 4.87. The van der Waals surface area contributed by atoms with Crippen LogP contribution in [0.15, 0.2) is 78.9 Å². The molecule has 0 fully saturated rings. The molecule has 0 spiro atoms. The number of carbonyl (C=O) groups excluding carboxylic acids is 1. The molecule has 1 N–H and O–H groups in total. The van der Waals surface area contributed by atoms with Gasteiger partial charge in [-0.3, -0.25) is 4.79 Å². The van der Waals surface area contributed by atoms with Gasteiger partial charge in [-0.2, -0.15) is 0 Å². The van der Waals surface area contributed by atoms with E-state index in [1.54, 1.807) is 0 Å². The molecule has 0 aromatic heterocycles. The number of amides is 1. The summed E-state index contributed by atoms with van der Waals surface area (Å²) < 4.78 is 0. The number of nitrogens with one attached hydrogen (secondary N) is 1. The van der Waals surface area contributed by atoms with Gasteiger partial charge in [-0.25, -0.2) is 0 Å². The fraction of sp³-hybridized carbons (Fsp3) is 0.174. The molecule has 0 bridgehead atoms. The zero-order chi connectivity index (χ0) is 17.9. The summed E-state index contributed by atoms with van der Waals surface area (Å²) in [5.74, 6) is 0.136. The van der Waals surface area contributed by atoms with E-state index in [2.05, 4.69) is 48.6 Å². The van der Waals surface area contributed by atoms with E-state index in [0.29, 0.717) is 13.0 Å². The number of aryl methyl sites for hydroxylation is 1. The summed E-state index contributed by atoms with van der Waals surface area (Å²) in [6.07, 6.45) is 0.435. The Morgan fingerprint density at radius 1 is 0.923 bits per heavy atom. The van der Waals surface area contributed by atoms with Crippen LogP contribution in [0.4, 0.5) is 11.4 Å². The lowest BCUT2D eigenvalue weighted by molar-refractivity contribution is -0.118. The number of para-hydroxylation sites is 2. The molecule has 26 heavy (non-hydrogen) atoms. The number of nitrogens with zero attached hydrogens (tertiary/aromatic N) is 1. The second-order valence-corrected chi connectivity index (χ2v) is 6.79. The highest BCUT2D eigenvalue weighted by atomic mass is 16.2. The molecule has 130 valence electrons. The standard InChI is InChI=1S/C23H22N2O/c1-17-11-13-19(14-12-17)21-15-23(26)25(16-18-7-3-2-4-8-18)22-10-6-5-9-20(22)24-21/h2-14,21,24H,15-16H2,1H3. The van der Waals surface area contributed by atoms with Crippen LogP contribution in [0.3, 0.4) is 0 Å². The number of benzene rings is 3. The topological polar surface area (TPSA) is 32.3 Å². The summed E-state index contributed by atoms with van der Waals surface area (Å²) in [5.41, 5.74) is 5.43. The first-order valence-corrected chi connectivity index (χ1v) is 8.97. The molecule has 1 atom stereocenters. The van der Waals surface area contributed by atoms with E-state index >= 15 is 0 Å². The van der Waals surface area contributed by atoms with E-state index in [1.165, 1.54) is 5.56 Å². The molecular formula is C23H22N2O. The molecule has 1 aliphatic heterocycles. The maximum Gasteiger partial charge on any atom is 0.229 e. The number of rotatable bonds is 3. The minimum absolute atomic E-state index is 0.0231. The highest BCUT2D eigenvalue weighted by molar-refractivity contribution is 5.98. The van der Waals surface area contributed by atoms with E-state index in [4.69, 9.17) is 0 Å². The predicted octanol–water partition coefficient (Wildman–Crippen LogP) is 5.09. The molecule has 1 amide bonds. The van der Waals surface area contributed by atoms with Crippen LogP contribution in [0.2, 0.25) is 0 Å². The van der Waals surface area contributed by atoms with Gasteiger partial charge in [-0.15, -0.1) is 0 Å². The largest absolute Gasteiger partial charge is 0.376 e. The van der Waals surface area contributed by atoms with Crippen molar-refractivity contribution < 1.29 is 4.79 Å². The molecular weight excluding hydrogens is 320 g/mol. The summed E-state index contributed by atoms with van der Waals surface area (Å²) in [4.78, 5) is 15.0. The van der Waals surface area contributed by atoms with E-state index < -0.39 is 0 Å². The molecule has 0 radical (unpaired) electrons. The molecule has 1 heterocycles. The smallest absolute Gasteiger partial charge is 0.229 e. The summed E-state index contributed by atoms with van der Waals surface area (Å²) in [5, 5.41) is 3.58. The molecule has 3 heteroatoms. The van der Waals surface area contributed by atoms with E-state index in [9.17, 15) is 4.79 Å². The molecule has 1 unspecified atom stereocenters. The minimum Gasteiger partial charge on any atom is -0.376 e. The second kappa shape index (κ2) is 7.04. The molecule has 3 nitrogen and oxygen atoms in total. The van der Waals surface area contributed by atoms with E-state index in [0.717, 1.165) is 22.5 Å². The van der Waals surface area contributed by atoms with Crippen molar-refractivity contribution in [1.82, 2.24) is 0 Å². The van der Waals surface area contributed by atoms with Gasteiger partial charge in [0, 0.05) is 0 Å². The Bertz CT molecular complexity index is 903. The Kier molecular flexibility index (Phi) is 4.44. The van der Waals surface area contributed by atoms with Crippen molar-refractivity contribution in [2.45, 2.75) is 25.9 Å². The first-order chi connectivity index (χ1) is 12.7. The number of fused-ring (bicyclic) bond motifs is 1. The van der Waals surface area contributed by atoms with Gasteiger partial charge in [0.2, 0.25) is 5.91 Å². The number of hydrogen-bond donors (Lipinski definition) is 1. The first-order valence-electron chi connectivity index (χ1n) is 8.97.